The molecule has 0 spiro atoms. The number of fused-ring (bicyclic) bond motifs is 1. The van der Waals surface area contributed by atoms with Crippen molar-refractivity contribution in [1.29, 1.82) is 0 Å². The van der Waals surface area contributed by atoms with Crippen molar-refractivity contribution in [3.05, 3.63) is 65.7 Å². The molecule has 3 rings (SSSR count). The van der Waals surface area contributed by atoms with Crippen LogP contribution in [0.2, 0.25) is 0 Å². The van der Waals surface area contributed by atoms with Crippen molar-refractivity contribution in [3.63, 3.8) is 0 Å². The summed E-state index contributed by atoms with van der Waals surface area (Å²) in [6, 6.07) is 11.2. The van der Waals surface area contributed by atoms with Gasteiger partial charge in [-0.25, -0.2) is 9.37 Å². The maximum atomic E-state index is 13.6. The summed E-state index contributed by atoms with van der Waals surface area (Å²) >= 11 is 0. The van der Waals surface area contributed by atoms with Crippen LogP contribution >= 0.6 is 0 Å². The maximum Gasteiger partial charge on any atom is 0.251 e. The lowest BCUT2D eigenvalue weighted by molar-refractivity contribution is 0.0954. The van der Waals surface area contributed by atoms with Gasteiger partial charge in [-0.1, -0.05) is 0 Å². The Balaban J connectivity index is 0.00000363. The summed E-state index contributed by atoms with van der Waals surface area (Å²) < 4.78 is 24.7. The van der Waals surface area contributed by atoms with Gasteiger partial charge in [-0.15, -0.1) is 0 Å². The second kappa shape index (κ2) is 11.0. The third-order valence-corrected chi connectivity index (χ3v) is 4.69. The Bertz CT molecular complexity index is 1130. The number of nitrogens with zero attached hydrogens (tertiary/aromatic N) is 1. The van der Waals surface area contributed by atoms with Crippen LogP contribution in [-0.2, 0) is 0 Å². The van der Waals surface area contributed by atoms with Gasteiger partial charge >= 0.3 is 0 Å². The van der Waals surface area contributed by atoms with E-state index in [-0.39, 0.29) is 12.1 Å². The third-order valence-electron chi connectivity index (χ3n) is 4.69. The van der Waals surface area contributed by atoms with Gasteiger partial charge in [0.05, 0.1) is 24.9 Å². The van der Waals surface area contributed by atoms with E-state index >= 15 is 0 Å². The van der Waals surface area contributed by atoms with Crippen LogP contribution in [0.15, 0.2) is 54.4 Å². The molecule has 0 radical (unpaired) electrons. The zero-order valence-corrected chi connectivity index (χ0v) is 18.2. The summed E-state index contributed by atoms with van der Waals surface area (Å²) in [7, 11) is 1.47. The van der Waals surface area contributed by atoms with Gasteiger partial charge in [0.25, 0.3) is 5.91 Å². The number of nitrogens with two attached hydrogens (primary N) is 2. The van der Waals surface area contributed by atoms with Crippen LogP contribution in [0.1, 0.15) is 23.7 Å². The van der Waals surface area contributed by atoms with Crippen molar-refractivity contribution in [2.75, 3.05) is 20.3 Å². The first kappa shape index (κ1) is 24.4. The zero-order chi connectivity index (χ0) is 22.4. The van der Waals surface area contributed by atoms with E-state index in [1.165, 1.54) is 25.4 Å². The van der Waals surface area contributed by atoms with E-state index in [1.807, 2.05) is 6.92 Å². The van der Waals surface area contributed by atoms with Crippen LogP contribution in [-0.4, -0.2) is 31.2 Å². The van der Waals surface area contributed by atoms with E-state index in [4.69, 9.17) is 20.9 Å². The van der Waals surface area contributed by atoms with Crippen molar-refractivity contribution in [3.8, 4) is 22.8 Å². The number of ether oxygens (including phenoxy) is 2. The largest absolute Gasteiger partial charge is 0.496 e. The summed E-state index contributed by atoms with van der Waals surface area (Å²) in [6.45, 7) is 2.70. The average molecular weight is 442 g/mol. The number of aromatic nitrogens is 1. The van der Waals surface area contributed by atoms with Gasteiger partial charge < -0.3 is 32.4 Å². The molecule has 8 N–H and O–H groups in total. The SMILES string of the molecule is CCOc1cc(-c2ccc(F)cc2OC)nc2cc(C(=O)NCC/C(N)=C/N)ccc12.N. The molecule has 0 aliphatic carbocycles. The molecule has 9 heteroatoms. The first-order chi connectivity index (χ1) is 15.0. The Hall–Kier alpha value is -3.85. The fourth-order valence-corrected chi connectivity index (χ4v) is 3.13. The van der Waals surface area contributed by atoms with Crippen molar-refractivity contribution < 1.29 is 18.7 Å². The number of hydrogen-bond donors (Lipinski definition) is 4. The van der Waals surface area contributed by atoms with Crippen molar-refractivity contribution in [2.45, 2.75) is 13.3 Å². The van der Waals surface area contributed by atoms with Gasteiger partial charge in [0, 0.05) is 53.5 Å². The number of carbonyl (C=O) groups is 1. The van der Waals surface area contributed by atoms with Crippen LogP contribution in [0.25, 0.3) is 22.2 Å². The molecule has 2 aromatic carbocycles. The van der Waals surface area contributed by atoms with Gasteiger partial charge in [-0.3, -0.25) is 4.79 Å². The normalized spacial score (nSPS) is 11.0. The van der Waals surface area contributed by atoms with Crippen molar-refractivity contribution in [1.82, 2.24) is 16.5 Å². The Morgan fingerprint density at radius 1 is 1.19 bits per heavy atom. The number of methoxy groups -OCH3 is 1. The quantitative estimate of drug-likeness (QED) is 0.418. The van der Waals surface area contributed by atoms with Crippen LogP contribution in [0.4, 0.5) is 4.39 Å². The molecule has 0 bridgehead atoms. The fraction of sp³-hybridized carbons (Fsp3) is 0.217. The molecule has 1 aromatic heterocycles. The molecular weight excluding hydrogens is 413 g/mol. The minimum Gasteiger partial charge on any atom is -0.496 e. The maximum absolute atomic E-state index is 13.6. The average Bonchev–Trinajstić information content (AvgIpc) is 2.78. The standard InChI is InChI=1S/C23H25FN4O3.H3N/c1-3-31-22-12-20(17-7-5-15(24)11-21(17)30-2)28-19-10-14(4-6-18(19)22)23(29)27-9-8-16(26)13-25;/h4-7,10-13H,3,8-9,25-26H2,1-2H3,(H,27,29);1H3/b16-13-;. The van der Waals surface area contributed by atoms with E-state index in [0.717, 1.165) is 5.39 Å². The van der Waals surface area contributed by atoms with E-state index in [1.54, 1.807) is 30.3 Å². The predicted octanol–water partition coefficient (Wildman–Crippen LogP) is 3.49. The topological polar surface area (TPSA) is 147 Å². The zero-order valence-electron chi connectivity index (χ0n) is 18.2. The Morgan fingerprint density at radius 3 is 2.66 bits per heavy atom. The smallest absolute Gasteiger partial charge is 0.251 e. The minimum absolute atomic E-state index is 0. The summed E-state index contributed by atoms with van der Waals surface area (Å²) in [6.07, 6.45) is 1.77. The van der Waals surface area contributed by atoms with E-state index in [0.29, 0.717) is 59.1 Å². The molecular formula is C23H28FN5O3. The van der Waals surface area contributed by atoms with Gasteiger partial charge in [-0.05, 0) is 37.3 Å². The van der Waals surface area contributed by atoms with Gasteiger partial charge in [-0.2, -0.15) is 0 Å². The van der Waals surface area contributed by atoms with Gasteiger partial charge in [0.1, 0.15) is 17.3 Å². The number of pyridine rings is 1. The molecule has 0 atom stereocenters. The molecule has 0 saturated carbocycles. The highest BCUT2D eigenvalue weighted by Gasteiger charge is 2.15. The molecule has 0 saturated heterocycles. The van der Waals surface area contributed by atoms with Gasteiger partial charge in [0.15, 0.2) is 0 Å². The Labute approximate surface area is 186 Å². The number of hydrogen-bond acceptors (Lipinski definition) is 7. The summed E-state index contributed by atoms with van der Waals surface area (Å²) in [4.78, 5) is 17.2. The number of carbonyl (C=O) groups excluding carboxylic acids is 1. The highest BCUT2D eigenvalue weighted by Crippen LogP contribution is 2.35. The first-order valence-electron chi connectivity index (χ1n) is 9.82. The molecule has 0 fully saturated rings. The first-order valence-corrected chi connectivity index (χ1v) is 9.82. The van der Waals surface area contributed by atoms with Crippen LogP contribution in [0.3, 0.4) is 0 Å². The van der Waals surface area contributed by atoms with E-state index in [2.05, 4.69) is 10.3 Å². The summed E-state index contributed by atoms with van der Waals surface area (Å²) in [5, 5.41) is 3.57. The molecule has 1 heterocycles. The van der Waals surface area contributed by atoms with E-state index < -0.39 is 5.82 Å². The molecule has 32 heavy (non-hydrogen) atoms. The second-order valence-corrected chi connectivity index (χ2v) is 6.76. The van der Waals surface area contributed by atoms with Crippen LogP contribution < -0.4 is 32.4 Å². The number of benzene rings is 2. The lowest BCUT2D eigenvalue weighted by atomic mass is 10.1. The van der Waals surface area contributed by atoms with Crippen molar-refractivity contribution >= 4 is 16.8 Å². The van der Waals surface area contributed by atoms with Crippen LogP contribution in [0.5, 0.6) is 11.5 Å². The third kappa shape index (κ3) is 5.44. The lowest BCUT2D eigenvalue weighted by Gasteiger charge is -2.13. The molecule has 0 aliphatic heterocycles. The molecule has 3 aromatic rings. The Kier molecular flexibility index (Phi) is 8.37. The number of amides is 1. The minimum atomic E-state index is -0.407. The molecule has 0 unspecified atom stereocenters. The van der Waals surface area contributed by atoms with Crippen LogP contribution in [0, 0.1) is 5.82 Å². The van der Waals surface area contributed by atoms with Crippen molar-refractivity contribution in [2.24, 2.45) is 11.5 Å². The highest BCUT2D eigenvalue weighted by atomic mass is 19.1. The number of nitrogens with one attached hydrogen (secondary N) is 1. The molecule has 170 valence electrons. The predicted molar refractivity (Wildman–Crippen MR) is 123 cm³/mol. The van der Waals surface area contributed by atoms with Gasteiger partial charge in [0.2, 0.25) is 0 Å². The lowest BCUT2D eigenvalue weighted by Crippen LogP contribution is -2.25. The molecule has 0 aliphatic rings. The summed E-state index contributed by atoms with van der Waals surface area (Å²) in [5.74, 6) is 0.308. The monoisotopic (exact) mass is 441 g/mol. The molecule has 8 nitrogen and oxygen atoms in total. The molecule has 1 amide bonds. The second-order valence-electron chi connectivity index (χ2n) is 6.76. The fourth-order valence-electron chi connectivity index (χ4n) is 3.13. The number of halogens is 1. The highest BCUT2D eigenvalue weighted by molar-refractivity contribution is 5.99. The summed E-state index contributed by atoms with van der Waals surface area (Å²) in [5.41, 5.74) is 13.7. The number of rotatable bonds is 8. The van der Waals surface area contributed by atoms with E-state index in [9.17, 15) is 9.18 Å². The Morgan fingerprint density at radius 2 is 1.97 bits per heavy atom.